The first-order chi connectivity index (χ1) is 7.15. The van der Waals surface area contributed by atoms with E-state index >= 15 is 0 Å². The average molecular weight is 227 g/mol. The molecule has 1 atom stereocenters. The largest absolute Gasteiger partial charge is 0.481 e. The normalized spacial score (nSPS) is 12.1. The van der Waals surface area contributed by atoms with E-state index in [2.05, 4.69) is 0 Å². The predicted octanol–water partition coefficient (Wildman–Crippen LogP) is 2.49. The predicted molar refractivity (Wildman–Crippen MR) is 57.1 cm³/mol. The zero-order chi connectivity index (χ0) is 11.3. The number of aldehydes is 1. The summed E-state index contributed by atoms with van der Waals surface area (Å²) in [5, 5.41) is 9.54. The molecule has 0 radical (unpaired) electrons. The molecule has 0 bridgehead atoms. The fraction of sp³-hybridized carbons (Fsp3) is 0.273. The minimum atomic E-state index is -0.917. The van der Waals surface area contributed by atoms with Crippen molar-refractivity contribution in [2.45, 2.75) is 18.8 Å². The second-order valence-corrected chi connectivity index (χ2v) is 3.62. The Hall–Kier alpha value is -1.35. The molecule has 0 aliphatic carbocycles. The Labute approximate surface area is 92.7 Å². The van der Waals surface area contributed by atoms with E-state index in [0.29, 0.717) is 17.0 Å². The van der Waals surface area contributed by atoms with Crippen molar-refractivity contribution in [1.29, 1.82) is 0 Å². The van der Waals surface area contributed by atoms with Crippen molar-refractivity contribution in [2.24, 2.45) is 0 Å². The molecule has 0 aliphatic heterocycles. The molecule has 0 saturated heterocycles. The summed E-state index contributed by atoms with van der Waals surface area (Å²) in [7, 11) is 0. The quantitative estimate of drug-likeness (QED) is 0.785. The lowest BCUT2D eigenvalue weighted by Gasteiger charge is -2.10. The molecule has 4 heteroatoms. The Balaban J connectivity index is 2.83. The third-order valence-corrected chi connectivity index (χ3v) is 2.40. The Bertz CT molecular complexity index is 345. The van der Waals surface area contributed by atoms with E-state index in [9.17, 15) is 9.59 Å². The molecule has 3 nitrogen and oxygen atoms in total. The number of benzene rings is 1. The maximum atomic E-state index is 10.9. The van der Waals surface area contributed by atoms with Crippen LogP contribution in [0.1, 0.15) is 24.3 Å². The third kappa shape index (κ3) is 3.36. The molecule has 0 fully saturated rings. The molecule has 1 aromatic rings. The highest BCUT2D eigenvalue weighted by Crippen LogP contribution is 2.22. The van der Waals surface area contributed by atoms with Gasteiger partial charge in [0.1, 0.15) is 6.29 Å². The summed E-state index contributed by atoms with van der Waals surface area (Å²) in [5.41, 5.74) is 0.675. The van der Waals surface area contributed by atoms with Gasteiger partial charge in [-0.3, -0.25) is 4.79 Å². The first-order valence-electron chi connectivity index (χ1n) is 4.57. The number of carbonyl (C=O) groups excluding carboxylic acids is 1. The van der Waals surface area contributed by atoms with Crippen molar-refractivity contribution in [1.82, 2.24) is 0 Å². The lowest BCUT2D eigenvalue weighted by Crippen LogP contribution is -2.11. The fourth-order valence-corrected chi connectivity index (χ4v) is 1.49. The van der Waals surface area contributed by atoms with Crippen LogP contribution >= 0.6 is 11.6 Å². The number of aliphatic carboxylic acids is 1. The van der Waals surface area contributed by atoms with Crippen LogP contribution in [0.4, 0.5) is 0 Å². The van der Waals surface area contributed by atoms with Crippen LogP contribution in [0.25, 0.3) is 0 Å². The van der Waals surface area contributed by atoms with Crippen molar-refractivity contribution in [3.05, 3.63) is 34.9 Å². The Morgan fingerprint density at radius 3 is 2.47 bits per heavy atom. The summed E-state index contributed by atoms with van der Waals surface area (Å²) >= 11 is 5.70. The van der Waals surface area contributed by atoms with Crippen LogP contribution < -0.4 is 0 Å². The van der Waals surface area contributed by atoms with Crippen LogP contribution in [0.15, 0.2) is 24.3 Å². The van der Waals surface area contributed by atoms with Gasteiger partial charge in [-0.25, -0.2) is 0 Å². The molecule has 0 amide bonds. The number of rotatable bonds is 5. The molecule has 80 valence electrons. The van der Waals surface area contributed by atoms with E-state index in [1.165, 1.54) is 0 Å². The molecule has 15 heavy (non-hydrogen) atoms. The van der Waals surface area contributed by atoms with Gasteiger partial charge in [0, 0.05) is 11.4 Å². The summed E-state index contributed by atoms with van der Waals surface area (Å²) in [6.07, 6.45) is 1.30. The molecular weight excluding hydrogens is 216 g/mol. The van der Waals surface area contributed by atoms with Gasteiger partial charge in [-0.2, -0.15) is 0 Å². The van der Waals surface area contributed by atoms with Gasteiger partial charge in [0.15, 0.2) is 0 Å². The maximum Gasteiger partial charge on any atom is 0.310 e. The Morgan fingerprint density at radius 1 is 1.40 bits per heavy atom. The summed E-state index contributed by atoms with van der Waals surface area (Å²) in [6, 6.07) is 6.64. The number of carboxylic acids is 1. The van der Waals surface area contributed by atoms with Crippen LogP contribution in [-0.2, 0) is 9.59 Å². The monoisotopic (exact) mass is 226 g/mol. The number of hydrogen-bond donors (Lipinski definition) is 1. The number of halogens is 1. The average Bonchev–Trinajstić information content (AvgIpc) is 2.21. The summed E-state index contributed by atoms with van der Waals surface area (Å²) in [4.78, 5) is 21.1. The van der Waals surface area contributed by atoms with Gasteiger partial charge in [0.05, 0.1) is 5.92 Å². The lowest BCUT2D eigenvalue weighted by atomic mass is 9.95. The minimum Gasteiger partial charge on any atom is -0.481 e. The van der Waals surface area contributed by atoms with Gasteiger partial charge in [-0.05, 0) is 24.1 Å². The van der Waals surface area contributed by atoms with E-state index in [-0.39, 0.29) is 6.42 Å². The molecule has 0 aliphatic rings. The first-order valence-corrected chi connectivity index (χ1v) is 4.95. The number of hydrogen-bond acceptors (Lipinski definition) is 2. The van der Waals surface area contributed by atoms with Crippen LogP contribution in [0.3, 0.4) is 0 Å². The summed E-state index contributed by atoms with van der Waals surface area (Å²) in [6.45, 7) is 0. The number of carboxylic acid groups (broad SMARTS) is 1. The minimum absolute atomic E-state index is 0.250. The fourth-order valence-electron chi connectivity index (χ4n) is 1.36. The topological polar surface area (TPSA) is 54.4 Å². The molecular formula is C11H11ClO3. The standard InChI is InChI=1S/C11H11ClO3/c12-9-5-3-8(4-6-9)10(11(14)15)2-1-7-13/h3-7,10H,1-2H2,(H,14,15). The second kappa shape index (κ2) is 5.51. The van der Waals surface area contributed by atoms with Crippen molar-refractivity contribution in [3.63, 3.8) is 0 Å². The molecule has 0 saturated carbocycles. The molecule has 1 rings (SSSR count). The van der Waals surface area contributed by atoms with E-state index in [1.54, 1.807) is 24.3 Å². The van der Waals surface area contributed by atoms with Gasteiger partial charge in [0.2, 0.25) is 0 Å². The van der Waals surface area contributed by atoms with E-state index < -0.39 is 11.9 Å². The van der Waals surface area contributed by atoms with Gasteiger partial charge >= 0.3 is 5.97 Å². The lowest BCUT2D eigenvalue weighted by molar-refractivity contribution is -0.139. The van der Waals surface area contributed by atoms with Gasteiger partial charge in [0.25, 0.3) is 0 Å². The van der Waals surface area contributed by atoms with Crippen LogP contribution in [0, 0.1) is 0 Å². The molecule has 1 N–H and O–H groups in total. The third-order valence-electron chi connectivity index (χ3n) is 2.14. The van der Waals surface area contributed by atoms with Crippen LogP contribution in [0.5, 0.6) is 0 Å². The number of carbonyl (C=O) groups is 2. The summed E-state index contributed by atoms with van der Waals surface area (Å²) in [5.74, 6) is -1.55. The van der Waals surface area contributed by atoms with Crippen molar-refractivity contribution in [3.8, 4) is 0 Å². The first kappa shape index (κ1) is 11.7. The molecule has 0 aromatic heterocycles. The molecule has 0 spiro atoms. The van der Waals surface area contributed by atoms with Gasteiger partial charge in [-0.15, -0.1) is 0 Å². The second-order valence-electron chi connectivity index (χ2n) is 3.19. The van der Waals surface area contributed by atoms with Crippen LogP contribution in [-0.4, -0.2) is 17.4 Å². The van der Waals surface area contributed by atoms with Gasteiger partial charge in [-0.1, -0.05) is 23.7 Å². The van der Waals surface area contributed by atoms with Crippen LogP contribution in [0.2, 0.25) is 5.02 Å². The Kier molecular flexibility index (Phi) is 4.31. The highest BCUT2D eigenvalue weighted by atomic mass is 35.5. The van der Waals surface area contributed by atoms with Crippen molar-refractivity contribution in [2.75, 3.05) is 0 Å². The molecule has 1 unspecified atom stereocenters. The smallest absolute Gasteiger partial charge is 0.310 e. The molecule has 0 heterocycles. The Morgan fingerprint density at radius 2 is 2.00 bits per heavy atom. The van der Waals surface area contributed by atoms with E-state index in [0.717, 1.165) is 6.29 Å². The zero-order valence-electron chi connectivity index (χ0n) is 8.02. The molecule has 1 aromatic carbocycles. The zero-order valence-corrected chi connectivity index (χ0v) is 8.78. The maximum absolute atomic E-state index is 10.9. The highest BCUT2D eigenvalue weighted by molar-refractivity contribution is 6.30. The van der Waals surface area contributed by atoms with E-state index in [4.69, 9.17) is 16.7 Å². The summed E-state index contributed by atoms with van der Waals surface area (Å²) < 4.78 is 0. The van der Waals surface area contributed by atoms with Crippen molar-refractivity contribution >= 4 is 23.9 Å². The van der Waals surface area contributed by atoms with E-state index in [1.807, 2.05) is 0 Å². The SMILES string of the molecule is O=CCCC(C(=O)O)c1ccc(Cl)cc1. The van der Waals surface area contributed by atoms with Gasteiger partial charge < -0.3 is 9.90 Å². The highest BCUT2D eigenvalue weighted by Gasteiger charge is 2.18. The van der Waals surface area contributed by atoms with Crippen molar-refractivity contribution < 1.29 is 14.7 Å².